The van der Waals surface area contributed by atoms with Gasteiger partial charge in [0.25, 0.3) is 0 Å². The molecule has 0 bridgehead atoms. The Morgan fingerprint density at radius 1 is 1.29 bits per heavy atom. The highest BCUT2D eigenvalue weighted by atomic mass is 35.5. The van der Waals surface area contributed by atoms with Gasteiger partial charge in [0.1, 0.15) is 6.54 Å². The number of carboxylic acid groups (broad SMARTS) is 1. The molecule has 6 heteroatoms. The number of hydrogen-bond acceptors (Lipinski definition) is 3. The van der Waals surface area contributed by atoms with Crippen LogP contribution in [0.15, 0.2) is 29.2 Å². The molecular weight excluding hydrogens is 310 g/mol. The maximum atomic E-state index is 12.0. The molecule has 0 saturated heterocycles. The van der Waals surface area contributed by atoms with Gasteiger partial charge < -0.3 is 10.0 Å². The summed E-state index contributed by atoms with van der Waals surface area (Å²) in [4.78, 5) is 25.2. The van der Waals surface area contributed by atoms with Gasteiger partial charge in [-0.2, -0.15) is 0 Å². The van der Waals surface area contributed by atoms with E-state index in [-0.39, 0.29) is 12.5 Å². The highest BCUT2D eigenvalue weighted by Crippen LogP contribution is 2.21. The number of nitrogens with zero attached hydrogens (tertiary/aromatic N) is 1. The van der Waals surface area contributed by atoms with Crippen molar-refractivity contribution in [3.63, 3.8) is 0 Å². The predicted octanol–water partition coefficient (Wildman–Crippen LogP) is 3.54. The monoisotopic (exact) mass is 329 g/mol. The normalized spacial score (nSPS) is 10.4. The van der Waals surface area contributed by atoms with Gasteiger partial charge in [-0.25, -0.2) is 0 Å². The molecule has 1 amide bonds. The first kappa shape index (κ1) is 17.9. The third-order valence-electron chi connectivity index (χ3n) is 2.79. The molecule has 0 heterocycles. The summed E-state index contributed by atoms with van der Waals surface area (Å²) in [5.74, 6) is -0.233. The van der Waals surface area contributed by atoms with Crippen molar-refractivity contribution in [2.45, 2.75) is 31.1 Å². The molecule has 0 aliphatic rings. The lowest BCUT2D eigenvalue weighted by atomic mass is 10.3. The first-order valence-corrected chi connectivity index (χ1v) is 8.27. The molecule has 0 spiro atoms. The van der Waals surface area contributed by atoms with E-state index in [0.717, 1.165) is 23.5 Å². The summed E-state index contributed by atoms with van der Waals surface area (Å²) in [5, 5.41) is 9.50. The van der Waals surface area contributed by atoms with Crippen molar-refractivity contribution in [2.24, 2.45) is 0 Å². The van der Waals surface area contributed by atoms with Gasteiger partial charge in [0, 0.05) is 22.9 Å². The van der Waals surface area contributed by atoms with E-state index in [1.165, 1.54) is 4.90 Å². The van der Waals surface area contributed by atoms with E-state index in [1.807, 2.05) is 31.2 Å². The van der Waals surface area contributed by atoms with Gasteiger partial charge in [0.15, 0.2) is 0 Å². The van der Waals surface area contributed by atoms with Crippen LogP contribution < -0.4 is 0 Å². The summed E-state index contributed by atoms with van der Waals surface area (Å²) in [7, 11) is 0. The Kier molecular flexibility index (Phi) is 8.23. The third kappa shape index (κ3) is 7.39. The van der Waals surface area contributed by atoms with Crippen molar-refractivity contribution in [1.82, 2.24) is 4.90 Å². The van der Waals surface area contributed by atoms with Crippen LogP contribution in [0.5, 0.6) is 0 Å². The molecule has 1 aromatic carbocycles. The van der Waals surface area contributed by atoms with Gasteiger partial charge >= 0.3 is 5.97 Å². The summed E-state index contributed by atoms with van der Waals surface area (Å²) < 4.78 is 0. The second-order valence-electron chi connectivity index (χ2n) is 4.61. The summed E-state index contributed by atoms with van der Waals surface area (Å²) in [5.41, 5.74) is 0. The predicted molar refractivity (Wildman–Crippen MR) is 85.9 cm³/mol. The number of halogens is 1. The van der Waals surface area contributed by atoms with Crippen LogP contribution in [0.4, 0.5) is 0 Å². The molecule has 21 heavy (non-hydrogen) atoms. The number of carbonyl (C=O) groups excluding carboxylic acids is 1. The molecular formula is C15H20ClNO3S. The van der Waals surface area contributed by atoms with E-state index >= 15 is 0 Å². The van der Waals surface area contributed by atoms with Gasteiger partial charge in [-0.05, 0) is 42.9 Å². The Morgan fingerprint density at radius 3 is 2.52 bits per heavy atom. The number of rotatable bonds is 9. The zero-order chi connectivity index (χ0) is 15.7. The average Bonchev–Trinajstić information content (AvgIpc) is 2.44. The minimum atomic E-state index is -0.965. The number of carboxylic acids is 1. The average molecular weight is 330 g/mol. The van der Waals surface area contributed by atoms with E-state index in [1.54, 1.807) is 11.8 Å². The van der Waals surface area contributed by atoms with Crippen molar-refractivity contribution in [3.8, 4) is 0 Å². The standard InChI is InChI=1S/C15H20ClNO3S/c1-2-9-17(11-15(19)20)14(18)4-3-10-21-13-7-5-12(16)6-8-13/h5-8H,2-4,9-11H2,1H3,(H,19,20). The van der Waals surface area contributed by atoms with Gasteiger partial charge in [-0.1, -0.05) is 18.5 Å². The highest BCUT2D eigenvalue weighted by molar-refractivity contribution is 7.99. The summed E-state index contributed by atoms with van der Waals surface area (Å²) in [6.45, 7) is 2.21. The molecule has 1 rings (SSSR count). The number of aliphatic carboxylic acids is 1. The van der Waals surface area contributed by atoms with E-state index in [9.17, 15) is 9.59 Å². The summed E-state index contributed by atoms with van der Waals surface area (Å²) >= 11 is 7.48. The van der Waals surface area contributed by atoms with Crippen LogP contribution in [0.1, 0.15) is 26.2 Å². The highest BCUT2D eigenvalue weighted by Gasteiger charge is 2.15. The Labute approximate surface area is 134 Å². The third-order valence-corrected chi connectivity index (χ3v) is 4.14. The molecule has 0 atom stereocenters. The minimum Gasteiger partial charge on any atom is -0.480 e. The molecule has 0 radical (unpaired) electrons. The topological polar surface area (TPSA) is 57.6 Å². The van der Waals surface area contributed by atoms with E-state index in [2.05, 4.69) is 0 Å². The number of thioether (sulfide) groups is 1. The van der Waals surface area contributed by atoms with Crippen molar-refractivity contribution < 1.29 is 14.7 Å². The van der Waals surface area contributed by atoms with E-state index in [4.69, 9.17) is 16.7 Å². The fraction of sp³-hybridized carbons (Fsp3) is 0.467. The molecule has 0 aliphatic heterocycles. The van der Waals surface area contributed by atoms with Crippen LogP contribution in [0, 0.1) is 0 Å². The zero-order valence-corrected chi connectivity index (χ0v) is 13.6. The van der Waals surface area contributed by atoms with Crippen molar-refractivity contribution in [3.05, 3.63) is 29.3 Å². The number of amides is 1. The maximum absolute atomic E-state index is 12.0. The van der Waals surface area contributed by atoms with E-state index in [0.29, 0.717) is 18.0 Å². The lowest BCUT2D eigenvalue weighted by Gasteiger charge is -2.19. The van der Waals surface area contributed by atoms with Crippen LogP contribution >= 0.6 is 23.4 Å². The van der Waals surface area contributed by atoms with Gasteiger partial charge in [0.05, 0.1) is 0 Å². The number of carbonyl (C=O) groups is 2. The molecule has 1 aromatic rings. The molecule has 4 nitrogen and oxygen atoms in total. The fourth-order valence-electron chi connectivity index (χ4n) is 1.83. The minimum absolute atomic E-state index is 0.0871. The van der Waals surface area contributed by atoms with Crippen LogP contribution in [-0.2, 0) is 9.59 Å². The van der Waals surface area contributed by atoms with Gasteiger partial charge in [-0.15, -0.1) is 11.8 Å². The van der Waals surface area contributed by atoms with Crippen LogP contribution in [0.2, 0.25) is 5.02 Å². The molecule has 1 N–H and O–H groups in total. The van der Waals surface area contributed by atoms with Crippen molar-refractivity contribution in [2.75, 3.05) is 18.8 Å². The lowest BCUT2D eigenvalue weighted by molar-refractivity contribution is -0.144. The van der Waals surface area contributed by atoms with Crippen molar-refractivity contribution >= 4 is 35.2 Å². The maximum Gasteiger partial charge on any atom is 0.323 e. The van der Waals surface area contributed by atoms with E-state index < -0.39 is 5.97 Å². The zero-order valence-electron chi connectivity index (χ0n) is 12.0. The first-order valence-electron chi connectivity index (χ1n) is 6.91. The molecule has 0 aromatic heterocycles. The van der Waals surface area contributed by atoms with Crippen molar-refractivity contribution in [1.29, 1.82) is 0 Å². The number of benzene rings is 1. The molecule has 0 aliphatic carbocycles. The molecule has 0 saturated carbocycles. The smallest absolute Gasteiger partial charge is 0.323 e. The van der Waals surface area contributed by atoms with Gasteiger partial charge in [0.2, 0.25) is 5.91 Å². The largest absolute Gasteiger partial charge is 0.480 e. The first-order chi connectivity index (χ1) is 10.0. The Hall–Kier alpha value is -1.20. The Balaban J connectivity index is 2.31. The summed E-state index contributed by atoms with van der Waals surface area (Å²) in [6, 6.07) is 7.57. The summed E-state index contributed by atoms with van der Waals surface area (Å²) in [6.07, 6.45) is 1.87. The van der Waals surface area contributed by atoms with Gasteiger partial charge in [-0.3, -0.25) is 9.59 Å². The molecule has 0 unspecified atom stereocenters. The Morgan fingerprint density at radius 2 is 1.95 bits per heavy atom. The fourth-order valence-corrected chi connectivity index (χ4v) is 2.81. The lowest BCUT2D eigenvalue weighted by Crippen LogP contribution is -2.36. The second-order valence-corrected chi connectivity index (χ2v) is 6.22. The van der Waals surface area contributed by atoms with Crippen LogP contribution in [0.25, 0.3) is 0 Å². The van der Waals surface area contributed by atoms with Crippen LogP contribution in [-0.4, -0.2) is 40.7 Å². The number of hydrogen-bond donors (Lipinski definition) is 1. The SMILES string of the molecule is CCCN(CC(=O)O)C(=O)CCCSc1ccc(Cl)cc1. The molecule has 0 fully saturated rings. The second kappa shape index (κ2) is 9.68. The quantitative estimate of drug-likeness (QED) is 0.556. The van der Waals surface area contributed by atoms with Crippen LogP contribution in [0.3, 0.4) is 0 Å². The molecule has 116 valence electrons. The Bertz CT molecular complexity index is 464.